The first-order valence-electron chi connectivity index (χ1n) is 14.6. The zero-order chi connectivity index (χ0) is 23.8. The number of nitrogens with zero attached hydrogens (tertiary/aromatic N) is 1. The SMILES string of the molecule is C#Cc1ccc(N(CCCCCCCCCCCC)CCCCCCCCCCCC)cc1. The molecule has 0 N–H and O–H groups in total. The molecule has 188 valence electrons. The largest absolute Gasteiger partial charge is 0.372 e. The van der Waals surface area contributed by atoms with Gasteiger partial charge in [0.25, 0.3) is 0 Å². The summed E-state index contributed by atoms with van der Waals surface area (Å²) >= 11 is 0. The minimum absolute atomic E-state index is 0.983. The maximum Gasteiger partial charge on any atom is 0.0367 e. The molecule has 0 aliphatic rings. The molecule has 0 amide bonds. The Morgan fingerprint density at radius 1 is 0.515 bits per heavy atom. The monoisotopic (exact) mass is 453 g/mol. The Kier molecular flexibility index (Phi) is 20.1. The molecule has 0 aromatic heterocycles. The first kappa shape index (κ1) is 29.6. The third-order valence-electron chi connectivity index (χ3n) is 6.96. The van der Waals surface area contributed by atoms with Crippen LogP contribution < -0.4 is 4.90 Å². The van der Waals surface area contributed by atoms with Gasteiger partial charge in [0.2, 0.25) is 0 Å². The van der Waals surface area contributed by atoms with Crippen molar-refractivity contribution in [2.24, 2.45) is 0 Å². The molecule has 1 heteroatoms. The fourth-order valence-electron chi connectivity index (χ4n) is 4.72. The van der Waals surface area contributed by atoms with Crippen molar-refractivity contribution in [1.82, 2.24) is 0 Å². The van der Waals surface area contributed by atoms with E-state index in [0.717, 1.165) is 5.56 Å². The van der Waals surface area contributed by atoms with Gasteiger partial charge in [-0.05, 0) is 37.1 Å². The molecule has 0 fully saturated rings. The van der Waals surface area contributed by atoms with Crippen LogP contribution in [0.15, 0.2) is 24.3 Å². The molecule has 1 nitrogen and oxygen atoms in total. The molecule has 0 aliphatic heterocycles. The van der Waals surface area contributed by atoms with Gasteiger partial charge in [0.15, 0.2) is 0 Å². The number of anilines is 1. The van der Waals surface area contributed by atoms with Gasteiger partial charge in [-0.3, -0.25) is 0 Å². The molecule has 0 aliphatic carbocycles. The third kappa shape index (κ3) is 16.8. The summed E-state index contributed by atoms with van der Waals surface area (Å²) in [6.07, 6.45) is 33.5. The lowest BCUT2D eigenvalue weighted by Crippen LogP contribution is -2.25. The van der Waals surface area contributed by atoms with E-state index in [1.807, 2.05) is 0 Å². The van der Waals surface area contributed by atoms with E-state index in [4.69, 9.17) is 6.42 Å². The Bertz CT molecular complexity index is 543. The Labute approximate surface area is 208 Å². The Morgan fingerprint density at radius 3 is 1.18 bits per heavy atom. The number of rotatable bonds is 23. The molecular formula is C32H55N. The first-order valence-corrected chi connectivity index (χ1v) is 14.6. The van der Waals surface area contributed by atoms with E-state index in [0.29, 0.717) is 0 Å². The van der Waals surface area contributed by atoms with E-state index in [-0.39, 0.29) is 0 Å². The summed E-state index contributed by atoms with van der Waals surface area (Å²) in [4.78, 5) is 2.61. The molecule has 1 rings (SSSR count). The van der Waals surface area contributed by atoms with Crippen LogP contribution in [-0.4, -0.2) is 13.1 Å². The second-order valence-electron chi connectivity index (χ2n) is 10.0. The molecule has 0 saturated heterocycles. The first-order chi connectivity index (χ1) is 16.3. The van der Waals surface area contributed by atoms with E-state index >= 15 is 0 Å². The molecule has 0 bridgehead atoms. The van der Waals surface area contributed by atoms with Gasteiger partial charge in [0.1, 0.15) is 0 Å². The van der Waals surface area contributed by atoms with E-state index in [1.165, 1.54) is 147 Å². The van der Waals surface area contributed by atoms with Crippen molar-refractivity contribution in [3.63, 3.8) is 0 Å². The molecular weight excluding hydrogens is 398 g/mol. The molecule has 1 aromatic rings. The maximum absolute atomic E-state index is 5.56. The van der Waals surface area contributed by atoms with Crippen LogP contribution in [0.4, 0.5) is 5.69 Å². The molecule has 33 heavy (non-hydrogen) atoms. The van der Waals surface area contributed by atoms with Crippen molar-refractivity contribution in [2.75, 3.05) is 18.0 Å². The lowest BCUT2D eigenvalue weighted by atomic mass is 10.1. The summed E-state index contributed by atoms with van der Waals surface area (Å²) in [5.41, 5.74) is 2.33. The van der Waals surface area contributed by atoms with Crippen LogP contribution in [0.5, 0.6) is 0 Å². The van der Waals surface area contributed by atoms with Gasteiger partial charge in [-0.25, -0.2) is 0 Å². The van der Waals surface area contributed by atoms with Crippen LogP contribution in [0.3, 0.4) is 0 Å². The summed E-state index contributed by atoms with van der Waals surface area (Å²) in [7, 11) is 0. The molecule has 0 radical (unpaired) electrons. The zero-order valence-electron chi connectivity index (χ0n) is 22.4. The van der Waals surface area contributed by atoms with Gasteiger partial charge in [-0.2, -0.15) is 0 Å². The normalized spacial score (nSPS) is 10.9. The zero-order valence-corrected chi connectivity index (χ0v) is 22.4. The van der Waals surface area contributed by atoms with Crippen molar-refractivity contribution < 1.29 is 0 Å². The van der Waals surface area contributed by atoms with Crippen LogP contribution in [-0.2, 0) is 0 Å². The highest BCUT2D eigenvalue weighted by atomic mass is 15.1. The topological polar surface area (TPSA) is 3.24 Å². The number of unbranched alkanes of at least 4 members (excludes halogenated alkanes) is 18. The minimum atomic E-state index is 0.983. The highest BCUT2D eigenvalue weighted by molar-refractivity contribution is 5.50. The number of hydrogen-bond acceptors (Lipinski definition) is 1. The fraction of sp³-hybridized carbons (Fsp3) is 0.750. The second kappa shape index (κ2) is 22.4. The van der Waals surface area contributed by atoms with Crippen molar-refractivity contribution in [1.29, 1.82) is 0 Å². The predicted octanol–water partition coefficient (Wildman–Crippen LogP) is 10.3. The quantitative estimate of drug-likeness (QED) is 0.118. The van der Waals surface area contributed by atoms with Crippen LogP contribution in [0.25, 0.3) is 0 Å². The molecule has 0 heterocycles. The number of terminal acetylenes is 1. The van der Waals surface area contributed by atoms with E-state index < -0.39 is 0 Å². The van der Waals surface area contributed by atoms with Gasteiger partial charge >= 0.3 is 0 Å². The van der Waals surface area contributed by atoms with Crippen molar-refractivity contribution in [3.05, 3.63) is 29.8 Å². The van der Waals surface area contributed by atoms with Gasteiger partial charge in [0.05, 0.1) is 0 Å². The highest BCUT2D eigenvalue weighted by Gasteiger charge is 2.06. The van der Waals surface area contributed by atoms with Crippen LogP contribution in [0.1, 0.15) is 148 Å². The summed E-state index contributed by atoms with van der Waals surface area (Å²) in [6.45, 7) is 6.96. The van der Waals surface area contributed by atoms with Crippen molar-refractivity contribution >= 4 is 5.69 Å². The average molecular weight is 454 g/mol. The van der Waals surface area contributed by atoms with Gasteiger partial charge in [0, 0.05) is 24.3 Å². The fourth-order valence-corrected chi connectivity index (χ4v) is 4.72. The Balaban J connectivity index is 2.23. The van der Waals surface area contributed by atoms with E-state index in [9.17, 15) is 0 Å². The standard InChI is InChI=1S/C32H55N/c1-4-7-9-11-13-15-17-19-21-23-29-33(32-27-25-31(6-3)26-28-32)30-24-22-20-18-16-14-12-10-8-5-2/h3,25-28H,4-5,7-24,29-30H2,1-2H3. The predicted molar refractivity (Wildman–Crippen MR) is 150 cm³/mol. The average Bonchev–Trinajstić information content (AvgIpc) is 2.85. The maximum atomic E-state index is 5.56. The third-order valence-corrected chi connectivity index (χ3v) is 6.96. The Hall–Kier alpha value is -1.42. The van der Waals surface area contributed by atoms with Crippen LogP contribution in [0.2, 0.25) is 0 Å². The summed E-state index contributed by atoms with van der Waals surface area (Å²) in [6, 6.07) is 8.64. The highest BCUT2D eigenvalue weighted by Crippen LogP contribution is 2.19. The van der Waals surface area contributed by atoms with Crippen LogP contribution >= 0.6 is 0 Å². The minimum Gasteiger partial charge on any atom is -0.372 e. The summed E-state index contributed by atoms with van der Waals surface area (Å²) in [5.74, 6) is 2.75. The number of benzene rings is 1. The van der Waals surface area contributed by atoms with E-state index in [2.05, 4.69) is 48.9 Å². The molecule has 0 unspecified atom stereocenters. The van der Waals surface area contributed by atoms with Crippen LogP contribution in [0, 0.1) is 12.3 Å². The molecule has 0 saturated carbocycles. The second-order valence-corrected chi connectivity index (χ2v) is 10.0. The number of hydrogen-bond donors (Lipinski definition) is 0. The van der Waals surface area contributed by atoms with Crippen molar-refractivity contribution in [3.8, 4) is 12.3 Å². The molecule has 0 spiro atoms. The lowest BCUT2D eigenvalue weighted by Gasteiger charge is -2.25. The molecule has 1 aromatic carbocycles. The Morgan fingerprint density at radius 2 is 0.848 bits per heavy atom. The van der Waals surface area contributed by atoms with Gasteiger partial charge < -0.3 is 4.90 Å². The smallest absolute Gasteiger partial charge is 0.0367 e. The van der Waals surface area contributed by atoms with Gasteiger partial charge in [-0.15, -0.1) is 6.42 Å². The van der Waals surface area contributed by atoms with E-state index in [1.54, 1.807) is 0 Å². The molecule has 0 atom stereocenters. The van der Waals surface area contributed by atoms with Gasteiger partial charge in [-0.1, -0.05) is 135 Å². The summed E-state index contributed by atoms with van der Waals surface area (Å²) < 4.78 is 0. The lowest BCUT2D eigenvalue weighted by molar-refractivity contribution is 0.543. The van der Waals surface area contributed by atoms with Crippen molar-refractivity contribution in [2.45, 2.75) is 142 Å². The summed E-state index contributed by atoms with van der Waals surface area (Å²) in [5, 5.41) is 0.